The van der Waals surface area contributed by atoms with Crippen molar-refractivity contribution in [3.8, 4) is 11.3 Å². The second-order valence-electron chi connectivity index (χ2n) is 6.21. The summed E-state index contributed by atoms with van der Waals surface area (Å²) in [4.78, 5) is 4.62. The minimum atomic E-state index is -0.0676. The first-order chi connectivity index (χ1) is 10.6. The Bertz CT molecular complexity index is 773. The molecule has 0 spiro atoms. The Morgan fingerprint density at radius 3 is 2.18 bits per heavy atom. The van der Waals surface area contributed by atoms with Gasteiger partial charge in [0, 0.05) is 17.2 Å². The largest absolute Gasteiger partial charge is 0.256 e. The van der Waals surface area contributed by atoms with Gasteiger partial charge in [-0.05, 0) is 29.7 Å². The Balaban J connectivity index is 2.19. The first kappa shape index (κ1) is 14.5. The summed E-state index contributed by atoms with van der Waals surface area (Å²) < 4.78 is 0. The molecule has 0 atom stereocenters. The van der Waals surface area contributed by atoms with Crippen LogP contribution in [0.4, 0.5) is 0 Å². The number of pyridine rings is 1. The van der Waals surface area contributed by atoms with E-state index in [2.05, 4.69) is 86.4 Å². The summed E-state index contributed by atoms with van der Waals surface area (Å²) in [6, 6.07) is 23.4. The van der Waals surface area contributed by atoms with Crippen LogP contribution in [0.2, 0.25) is 0 Å². The highest BCUT2D eigenvalue weighted by Gasteiger charge is 2.26. The maximum Gasteiger partial charge on any atom is 0.0734 e. The molecular formula is C21H21N. The van der Waals surface area contributed by atoms with E-state index in [0.717, 1.165) is 5.69 Å². The van der Waals surface area contributed by atoms with Gasteiger partial charge < -0.3 is 0 Å². The maximum atomic E-state index is 4.62. The number of hydrogen-bond acceptors (Lipinski definition) is 1. The van der Waals surface area contributed by atoms with Crippen LogP contribution in [0.3, 0.4) is 0 Å². The summed E-state index contributed by atoms with van der Waals surface area (Å²) in [6.07, 6.45) is 1.87. The minimum absolute atomic E-state index is 0.0676. The minimum Gasteiger partial charge on any atom is -0.256 e. The molecule has 22 heavy (non-hydrogen) atoms. The van der Waals surface area contributed by atoms with Gasteiger partial charge in [0.15, 0.2) is 0 Å². The zero-order valence-electron chi connectivity index (χ0n) is 13.4. The molecule has 0 amide bonds. The number of nitrogens with zero attached hydrogens (tertiary/aromatic N) is 1. The van der Waals surface area contributed by atoms with E-state index in [1.54, 1.807) is 0 Å². The molecule has 0 aliphatic heterocycles. The average molecular weight is 287 g/mol. The van der Waals surface area contributed by atoms with Crippen LogP contribution in [0, 0.1) is 6.92 Å². The number of hydrogen-bond donors (Lipinski definition) is 0. The predicted molar refractivity (Wildman–Crippen MR) is 93.0 cm³/mol. The van der Waals surface area contributed by atoms with E-state index in [4.69, 9.17) is 0 Å². The fourth-order valence-electron chi connectivity index (χ4n) is 3.01. The van der Waals surface area contributed by atoms with E-state index in [0.29, 0.717) is 0 Å². The standard InChI is InChI=1S/C21H21N/c1-16-10-9-15-22-20(16)18-13-7-8-14-19(18)21(2,3)17-11-5-4-6-12-17/h4-15H,1-3H3. The number of aryl methyl sites for hydroxylation is 1. The lowest BCUT2D eigenvalue weighted by Crippen LogP contribution is -2.20. The van der Waals surface area contributed by atoms with Crippen LogP contribution in [0.25, 0.3) is 11.3 Å². The summed E-state index contributed by atoms with van der Waals surface area (Å²) in [5, 5.41) is 0. The molecule has 2 aromatic carbocycles. The van der Waals surface area contributed by atoms with Crippen molar-refractivity contribution >= 4 is 0 Å². The number of aromatic nitrogens is 1. The van der Waals surface area contributed by atoms with Crippen LogP contribution in [0.15, 0.2) is 72.9 Å². The van der Waals surface area contributed by atoms with Crippen LogP contribution in [0.5, 0.6) is 0 Å². The van der Waals surface area contributed by atoms with E-state index >= 15 is 0 Å². The van der Waals surface area contributed by atoms with E-state index in [9.17, 15) is 0 Å². The molecule has 0 saturated heterocycles. The van der Waals surface area contributed by atoms with Crippen molar-refractivity contribution in [1.29, 1.82) is 0 Å². The van der Waals surface area contributed by atoms with Crippen molar-refractivity contribution in [2.24, 2.45) is 0 Å². The molecule has 0 fully saturated rings. The van der Waals surface area contributed by atoms with E-state index in [1.165, 1.54) is 22.3 Å². The molecule has 0 N–H and O–H groups in total. The molecule has 3 rings (SSSR count). The van der Waals surface area contributed by atoms with Crippen LogP contribution < -0.4 is 0 Å². The highest BCUT2D eigenvalue weighted by Crippen LogP contribution is 2.37. The Kier molecular flexibility index (Phi) is 3.81. The molecule has 110 valence electrons. The fraction of sp³-hybridized carbons (Fsp3) is 0.190. The lowest BCUT2D eigenvalue weighted by atomic mass is 9.75. The van der Waals surface area contributed by atoms with Gasteiger partial charge in [0.2, 0.25) is 0 Å². The zero-order valence-corrected chi connectivity index (χ0v) is 13.4. The fourth-order valence-corrected chi connectivity index (χ4v) is 3.01. The third-order valence-electron chi connectivity index (χ3n) is 4.36. The molecule has 1 heteroatoms. The van der Waals surface area contributed by atoms with Crippen molar-refractivity contribution in [1.82, 2.24) is 4.98 Å². The number of rotatable bonds is 3. The van der Waals surface area contributed by atoms with Crippen LogP contribution in [-0.2, 0) is 5.41 Å². The third kappa shape index (κ3) is 2.55. The van der Waals surface area contributed by atoms with Crippen molar-refractivity contribution in [2.75, 3.05) is 0 Å². The molecule has 1 nitrogen and oxygen atoms in total. The van der Waals surface area contributed by atoms with Gasteiger partial charge in [-0.25, -0.2) is 0 Å². The molecule has 0 saturated carbocycles. The highest BCUT2D eigenvalue weighted by molar-refractivity contribution is 5.69. The van der Waals surface area contributed by atoms with Crippen molar-refractivity contribution in [2.45, 2.75) is 26.2 Å². The first-order valence-corrected chi connectivity index (χ1v) is 7.68. The molecule has 0 bridgehead atoms. The molecule has 1 aromatic heterocycles. The summed E-state index contributed by atoms with van der Waals surface area (Å²) in [5.74, 6) is 0. The lowest BCUT2D eigenvalue weighted by molar-refractivity contribution is 0.642. The van der Waals surface area contributed by atoms with Gasteiger partial charge in [0.1, 0.15) is 0 Å². The van der Waals surface area contributed by atoms with E-state index in [1.807, 2.05) is 12.3 Å². The van der Waals surface area contributed by atoms with Gasteiger partial charge in [-0.15, -0.1) is 0 Å². The van der Waals surface area contributed by atoms with Crippen LogP contribution in [0.1, 0.15) is 30.5 Å². The van der Waals surface area contributed by atoms with Gasteiger partial charge >= 0.3 is 0 Å². The topological polar surface area (TPSA) is 12.9 Å². The molecule has 0 aliphatic rings. The van der Waals surface area contributed by atoms with Gasteiger partial charge in [0.25, 0.3) is 0 Å². The van der Waals surface area contributed by atoms with E-state index in [-0.39, 0.29) is 5.41 Å². The SMILES string of the molecule is Cc1cccnc1-c1ccccc1C(C)(C)c1ccccc1. The first-order valence-electron chi connectivity index (χ1n) is 7.68. The molecule has 0 aliphatic carbocycles. The zero-order chi connectivity index (χ0) is 15.6. The maximum absolute atomic E-state index is 4.62. The normalized spacial score (nSPS) is 11.4. The quantitative estimate of drug-likeness (QED) is 0.630. The van der Waals surface area contributed by atoms with Crippen molar-refractivity contribution < 1.29 is 0 Å². The smallest absolute Gasteiger partial charge is 0.0734 e. The summed E-state index contributed by atoms with van der Waals surface area (Å²) in [6.45, 7) is 6.67. The van der Waals surface area contributed by atoms with Gasteiger partial charge in [0.05, 0.1) is 5.69 Å². The lowest BCUT2D eigenvalue weighted by Gasteiger charge is -2.28. The predicted octanol–water partition coefficient (Wildman–Crippen LogP) is 5.38. The van der Waals surface area contributed by atoms with Crippen molar-refractivity contribution in [3.63, 3.8) is 0 Å². The highest BCUT2D eigenvalue weighted by atomic mass is 14.7. The molecular weight excluding hydrogens is 266 g/mol. The Hall–Kier alpha value is -2.41. The molecule has 0 unspecified atom stereocenters. The molecule has 1 heterocycles. The van der Waals surface area contributed by atoms with Crippen LogP contribution >= 0.6 is 0 Å². The second kappa shape index (κ2) is 5.76. The molecule has 3 aromatic rings. The monoisotopic (exact) mass is 287 g/mol. The summed E-state index contributed by atoms with van der Waals surface area (Å²) in [7, 11) is 0. The van der Waals surface area contributed by atoms with Gasteiger partial charge in [-0.3, -0.25) is 4.98 Å². The Morgan fingerprint density at radius 2 is 1.45 bits per heavy atom. The Morgan fingerprint density at radius 1 is 0.773 bits per heavy atom. The van der Waals surface area contributed by atoms with Crippen molar-refractivity contribution in [3.05, 3.63) is 89.6 Å². The average Bonchev–Trinajstić information content (AvgIpc) is 2.56. The summed E-state index contributed by atoms with van der Waals surface area (Å²) >= 11 is 0. The molecule has 0 radical (unpaired) electrons. The van der Waals surface area contributed by atoms with Gasteiger partial charge in [-0.1, -0.05) is 74.5 Å². The van der Waals surface area contributed by atoms with Crippen LogP contribution in [-0.4, -0.2) is 4.98 Å². The van der Waals surface area contributed by atoms with Gasteiger partial charge in [-0.2, -0.15) is 0 Å². The third-order valence-corrected chi connectivity index (χ3v) is 4.36. The van der Waals surface area contributed by atoms with E-state index < -0.39 is 0 Å². The second-order valence-corrected chi connectivity index (χ2v) is 6.21. The Labute approximate surface area is 132 Å². The number of benzene rings is 2. The summed E-state index contributed by atoms with van der Waals surface area (Å²) in [5.41, 5.74) is 6.05.